The molecule has 0 bridgehead atoms. The molecule has 0 spiro atoms. The molecule has 0 aliphatic heterocycles. The number of anilines is 1. The Kier molecular flexibility index (Phi) is 3.03. The van der Waals surface area contributed by atoms with E-state index in [0.717, 1.165) is 5.39 Å². The van der Waals surface area contributed by atoms with Crippen molar-refractivity contribution < 1.29 is 19.1 Å². The maximum absolute atomic E-state index is 11.8. The summed E-state index contributed by atoms with van der Waals surface area (Å²) in [7, 11) is 1.46. The van der Waals surface area contributed by atoms with Crippen molar-refractivity contribution in [3.05, 3.63) is 30.5 Å². The van der Waals surface area contributed by atoms with E-state index in [1.165, 1.54) is 18.2 Å². The van der Waals surface area contributed by atoms with Crippen molar-refractivity contribution in [1.82, 2.24) is 0 Å². The smallest absolute Gasteiger partial charge is 0.330 e. The zero-order valence-electron chi connectivity index (χ0n) is 9.66. The lowest BCUT2D eigenvalue weighted by Crippen LogP contribution is -2.46. The van der Waals surface area contributed by atoms with Crippen LogP contribution >= 0.6 is 0 Å². The summed E-state index contributed by atoms with van der Waals surface area (Å²) in [5.74, 6) is -2.06. The SMILES string of the molecule is CN(C(=O)C(N)C(=O)O)c1coc2ccccc12. The normalized spacial score (nSPS) is 12.3. The van der Waals surface area contributed by atoms with E-state index < -0.39 is 17.9 Å². The summed E-state index contributed by atoms with van der Waals surface area (Å²) in [6.45, 7) is 0. The average Bonchev–Trinajstić information content (AvgIpc) is 2.79. The first-order chi connectivity index (χ1) is 8.52. The third kappa shape index (κ3) is 1.93. The summed E-state index contributed by atoms with van der Waals surface area (Å²) < 4.78 is 5.28. The Bertz CT molecular complexity index is 605. The lowest BCUT2D eigenvalue weighted by atomic mass is 10.2. The number of furan rings is 1. The molecule has 0 fully saturated rings. The fourth-order valence-electron chi connectivity index (χ4n) is 1.66. The molecule has 1 aromatic carbocycles. The van der Waals surface area contributed by atoms with Gasteiger partial charge in [0, 0.05) is 12.4 Å². The number of hydrogen-bond donors (Lipinski definition) is 2. The molecule has 94 valence electrons. The van der Waals surface area contributed by atoms with Gasteiger partial charge in [0.15, 0.2) is 6.04 Å². The monoisotopic (exact) mass is 248 g/mol. The van der Waals surface area contributed by atoms with Gasteiger partial charge in [-0.2, -0.15) is 0 Å². The first-order valence-corrected chi connectivity index (χ1v) is 5.24. The van der Waals surface area contributed by atoms with Gasteiger partial charge in [0.25, 0.3) is 5.91 Å². The van der Waals surface area contributed by atoms with Gasteiger partial charge < -0.3 is 20.2 Å². The molecule has 0 saturated heterocycles. The number of hydrogen-bond acceptors (Lipinski definition) is 4. The molecule has 1 aromatic heterocycles. The van der Waals surface area contributed by atoms with E-state index in [4.69, 9.17) is 15.3 Å². The van der Waals surface area contributed by atoms with Crippen LogP contribution in [0.1, 0.15) is 0 Å². The second kappa shape index (κ2) is 4.50. The van der Waals surface area contributed by atoms with Crippen molar-refractivity contribution >= 4 is 28.5 Å². The van der Waals surface area contributed by atoms with Crippen LogP contribution in [-0.2, 0) is 9.59 Å². The lowest BCUT2D eigenvalue weighted by molar-refractivity contribution is -0.142. The number of amides is 1. The van der Waals surface area contributed by atoms with Crippen LogP contribution < -0.4 is 10.6 Å². The largest absolute Gasteiger partial charge is 0.480 e. The summed E-state index contributed by atoms with van der Waals surface area (Å²) in [5.41, 5.74) is 6.40. The fraction of sp³-hybridized carbons (Fsp3) is 0.167. The van der Waals surface area contributed by atoms with Gasteiger partial charge in [-0.15, -0.1) is 0 Å². The number of aliphatic carboxylic acids is 1. The van der Waals surface area contributed by atoms with Crippen molar-refractivity contribution in [3.63, 3.8) is 0 Å². The van der Waals surface area contributed by atoms with Gasteiger partial charge in [-0.05, 0) is 12.1 Å². The number of nitrogens with two attached hydrogens (primary N) is 1. The third-order valence-electron chi connectivity index (χ3n) is 2.68. The van der Waals surface area contributed by atoms with Gasteiger partial charge in [-0.25, -0.2) is 4.79 Å². The van der Waals surface area contributed by atoms with Crippen LogP contribution in [0.5, 0.6) is 0 Å². The molecule has 0 aliphatic carbocycles. The highest BCUT2D eigenvalue weighted by molar-refractivity contribution is 6.11. The molecule has 2 rings (SSSR count). The molecule has 1 heterocycles. The molecule has 18 heavy (non-hydrogen) atoms. The van der Waals surface area contributed by atoms with Crippen molar-refractivity contribution in [2.75, 3.05) is 11.9 Å². The third-order valence-corrected chi connectivity index (χ3v) is 2.68. The van der Waals surface area contributed by atoms with Gasteiger partial charge in [0.2, 0.25) is 0 Å². The number of carbonyl (C=O) groups is 2. The number of rotatable bonds is 3. The Labute approximate surface area is 103 Å². The number of benzene rings is 1. The molecule has 1 unspecified atom stereocenters. The summed E-state index contributed by atoms with van der Waals surface area (Å²) in [5, 5.41) is 9.44. The van der Waals surface area contributed by atoms with Crippen LogP contribution in [0.4, 0.5) is 5.69 Å². The van der Waals surface area contributed by atoms with Crippen LogP contribution in [-0.4, -0.2) is 30.1 Å². The van der Waals surface area contributed by atoms with Crippen LogP contribution in [0.25, 0.3) is 11.0 Å². The molecular formula is C12H12N2O4. The number of carboxylic acids is 1. The first-order valence-electron chi connectivity index (χ1n) is 5.24. The molecule has 6 nitrogen and oxygen atoms in total. The average molecular weight is 248 g/mol. The minimum Gasteiger partial charge on any atom is -0.480 e. The Morgan fingerprint density at radius 1 is 1.39 bits per heavy atom. The zero-order valence-corrected chi connectivity index (χ0v) is 9.66. The predicted octanol–water partition coefficient (Wildman–Crippen LogP) is 0.807. The molecule has 1 amide bonds. The molecule has 0 radical (unpaired) electrons. The summed E-state index contributed by atoms with van der Waals surface area (Å²) >= 11 is 0. The van der Waals surface area contributed by atoms with E-state index in [-0.39, 0.29) is 0 Å². The summed E-state index contributed by atoms with van der Waals surface area (Å²) in [6.07, 6.45) is 1.40. The molecule has 0 aliphatic rings. The van der Waals surface area contributed by atoms with Crippen molar-refractivity contribution in [2.24, 2.45) is 5.73 Å². The van der Waals surface area contributed by atoms with E-state index >= 15 is 0 Å². The minimum absolute atomic E-state index is 0.493. The maximum atomic E-state index is 11.8. The van der Waals surface area contributed by atoms with Gasteiger partial charge in [0.1, 0.15) is 11.8 Å². The second-order valence-corrected chi connectivity index (χ2v) is 3.83. The lowest BCUT2D eigenvalue weighted by Gasteiger charge is -2.17. The zero-order chi connectivity index (χ0) is 13.3. The number of nitrogens with zero attached hydrogens (tertiary/aromatic N) is 1. The second-order valence-electron chi connectivity index (χ2n) is 3.83. The van der Waals surface area contributed by atoms with Crippen LogP contribution in [0.2, 0.25) is 0 Å². The van der Waals surface area contributed by atoms with Crippen LogP contribution in [0.15, 0.2) is 34.9 Å². The van der Waals surface area contributed by atoms with E-state index in [0.29, 0.717) is 11.3 Å². The Hall–Kier alpha value is -2.34. The highest BCUT2D eigenvalue weighted by Crippen LogP contribution is 2.28. The van der Waals surface area contributed by atoms with Gasteiger partial charge in [-0.1, -0.05) is 12.1 Å². The number of carboxylic acid groups (broad SMARTS) is 1. The predicted molar refractivity (Wildman–Crippen MR) is 65.2 cm³/mol. The quantitative estimate of drug-likeness (QED) is 0.783. The standard InChI is InChI=1S/C12H12N2O4/c1-14(11(15)10(13)12(16)17)8-6-18-9-5-3-2-4-7(8)9/h2-6,10H,13H2,1H3,(H,16,17). The Morgan fingerprint density at radius 2 is 2.06 bits per heavy atom. The minimum atomic E-state index is -1.58. The van der Waals surface area contributed by atoms with Gasteiger partial charge in [-0.3, -0.25) is 4.79 Å². The Balaban J connectivity index is 2.37. The summed E-state index contributed by atoms with van der Waals surface area (Å²) in [4.78, 5) is 23.7. The fourth-order valence-corrected chi connectivity index (χ4v) is 1.66. The molecule has 2 aromatic rings. The number of likely N-dealkylation sites (N-methyl/N-ethyl adjacent to an activating group) is 1. The molecule has 0 saturated carbocycles. The highest BCUT2D eigenvalue weighted by atomic mass is 16.4. The number of carbonyl (C=O) groups excluding carboxylic acids is 1. The van der Waals surface area contributed by atoms with E-state index in [9.17, 15) is 9.59 Å². The molecular weight excluding hydrogens is 236 g/mol. The number of fused-ring (bicyclic) bond motifs is 1. The van der Waals surface area contributed by atoms with Crippen LogP contribution in [0, 0.1) is 0 Å². The van der Waals surface area contributed by atoms with Crippen molar-refractivity contribution in [2.45, 2.75) is 6.04 Å². The van der Waals surface area contributed by atoms with Crippen LogP contribution in [0.3, 0.4) is 0 Å². The van der Waals surface area contributed by atoms with Gasteiger partial charge in [0.05, 0.1) is 5.69 Å². The molecule has 1 atom stereocenters. The van der Waals surface area contributed by atoms with Gasteiger partial charge >= 0.3 is 5.97 Å². The maximum Gasteiger partial charge on any atom is 0.330 e. The summed E-state index contributed by atoms with van der Waals surface area (Å²) in [6, 6.07) is 5.57. The first kappa shape index (κ1) is 12.1. The van der Waals surface area contributed by atoms with E-state index in [1.54, 1.807) is 24.3 Å². The Morgan fingerprint density at radius 3 is 2.72 bits per heavy atom. The number of para-hydroxylation sites is 1. The molecule has 3 N–H and O–H groups in total. The highest BCUT2D eigenvalue weighted by Gasteiger charge is 2.27. The van der Waals surface area contributed by atoms with Crippen molar-refractivity contribution in [1.29, 1.82) is 0 Å². The topological polar surface area (TPSA) is 96.8 Å². The van der Waals surface area contributed by atoms with E-state index in [2.05, 4.69) is 0 Å². The van der Waals surface area contributed by atoms with Crippen molar-refractivity contribution in [3.8, 4) is 0 Å². The molecule has 6 heteroatoms. The van der Waals surface area contributed by atoms with E-state index in [1.807, 2.05) is 0 Å².